The third-order valence-electron chi connectivity index (χ3n) is 5.12. The van der Waals surface area contributed by atoms with Crippen LogP contribution >= 0.6 is 0 Å². The van der Waals surface area contributed by atoms with Crippen LogP contribution in [0.3, 0.4) is 0 Å². The standard InChI is InChI=1S/C18H26N2O2/c1-5-19(4)13-9-10-20(11-13)17(21)14-7-6-8-15-16(14)22-12-18(15,2)3/h6-8,13H,5,9-12H2,1-4H3. The molecule has 2 heterocycles. The van der Waals surface area contributed by atoms with Crippen molar-refractivity contribution >= 4 is 5.91 Å². The van der Waals surface area contributed by atoms with Crippen molar-refractivity contribution < 1.29 is 9.53 Å². The molecule has 4 nitrogen and oxygen atoms in total. The summed E-state index contributed by atoms with van der Waals surface area (Å²) in [4.78, 5) is 17.2. The van der Waals surface area contributed by atoms with Gasteiger partial charge in [-0.05, 0) is 26.1 Å². The van der Waals surface area contributed by atoms with Crippen molar-refractivity contribution in [2.45, 2.75) is 38.6 Å². The Kier molecular flexibility index (Phi) is 3.89. The van der Waals surface area contributed by atoms with Crippen LogP contribution in [0.4, 0.5) is 0 Å². The third kappa shape index (κ3) is 2.50. The van der Waals surface area contributed by atoms with Crippen molar-refractivity contribution in [3.8, 4) is 5.75 Å². The van der Waals surface area contributed by atoms with Crippen LogP contribution in [0.1, 0.15) is 43.1 Å². The van der Waals surface area contributed by atoms with E-state index in [0.29, 0.717) is 12.6 Å². The Morgan fingerprint density at radius 2 is 2.23 bits per heavy atom. The van der Waals surface area contributed by atoms with E-state index in [0.717, 1.165) is 42.9 Å². The fourth-order valence-electron chi connectivity index (χ4n) is 3.44. The van der Waals surface area contributed by atoms with Gasteiger partial charge >= 0.3 is 0 Å². The Morgan fingerprint density at radius 1 is 1.45 bits per heavy atom. The predicted octanol–water partition coefficient (Wildman–Crippen LogP) is 2.52. The van der Waals surface area contributed by atoms with E-state index in [1.54, 1.807) is 0 Å². The molecular formula is C18H26N2O2. The molecule has 0 aromatic heterocycles. The molecule has 22 heavy (non-hydrogen) atoms. The molecule has 0 spiro atoms. The molecule has 1 fully saturated rings. The molecule has 1 saturated heterocycles. The molecule has 1 aromatic rings. The van der Waals surface area contributed by atoms with E-state index in [4.69, 9.17) is 4.74 Å². The smallest absolute Gasteiger partial charge is 0.257 e. The van der Waals surface area contributed by atoms with Gasteiger partial charge in [-0.15, -0.1) is 0 Å². The highest BCUT2D eigenvalue weighted by atomic mass is 16.5. The highest BCUT2D eigenvalue weighted by Crippen LogP contribution is 2.41. The minimum absolute atomic E-state index is 0.0123. The normalized spacial score (nSPS) is 22.8. The first-order valence-electron chi connectivity index (χ1n) is 8.20. The fourth-order valence-corrected chi connectivity index (χ4v) is 3.44. The Morgan fingerprint density at radius 3 is 2.95 bits per heavy atom. The van der Waals surface area contributed by atoms with Gasteiger partial charge < -0.3 is 14.5 Å². The molecule has 0 bridgehead atoms. The zero-order valence-corrected chi connectivity index (χ0v) is 14.1. The first-order chi connectivity index (χ1) is 10.4. The molecule has 2 aliphatic heterocycles. The maximum absolute atomic E-state index is 12.9. The van der Waals surface area contributed by atoms with Gasteiger partial charge in [-0.3, -0.25) is 4.79 Å². The fraction of sp³-hybridized carbons (Fsp3) is 0.611. The van der Waals surface area contributed by atoms with Gasteiger partial charge in [-0.2, -0.15) is 0 Å². The lowest BCUT2D eigenvalue weighted by atomic mass is 9.86. The topological polar surface area (TPSA) is 32.8 Å². The number of likely N-dealkylation sites (N-methyl/N-ethyl adjacent to an activating group) is 1. The first kappa shape index (κ1) is 15.3. The van der Waals surface area contributed by atoms with Crippen LogP contribution < -0.4 is 4.74 Å². The minimum atomic E-state index is -0.0123. The highest BCUT2D eigenvalue weighted by Gasteiger charge is 2.36. The lowest BCUT2D eigenvalue weighted by Crippen LogP contribution is -2.36. The van der Waals surface area contributed by atoms with Crippen LogP contribution in [0.25, 0.3) is 0 Å². The summed E-state index contributed by atoms with van der Waals surface area (Å²) >= 11 is 0. The Hall–Kier alpha value is -1.55. The highest BCUT2D eigenvalue weighted by molar-refractivity contribution is 5.98. The second-order valence-corrected chi connectivity index (χ2v) is 7.12. The molecular weight excluding hydrogens is 276 g/mol. The summed E-state index contributed by atoms with van der Waals surface area (Å²) in [5.41, 5.74) is 1.87. The molecule has 1 unspecified atom stereocenters. The zero-order chi connectivity index (χ0) is 15.9. The van der Waals surface area contributed by atoms with Gasteiger partial charge in [0.2, 0.25) is 0 Å². The summed E-state index contributed by atoms with van der Waals surface area (Å²) in [6.07, 6.45) is 1.05. The van der Waals surface area contributed by atoms with Crippen molar-refractivity contribution in [3.63, 3.8) is 0 Å². The maximum Gasteiger partial charge on any atom is 0.257 e. The van der Waals surface area contributed by atoms with Gasteiger partial charge in [0.05, 0.1) is 12.2 Å². The number of carbonyl (C=O) groups excluding carboxylic acids is 1. The van der Waals surface area contributed by atoms with E-state index in [-0.39, 0.29) is 11.3 Å². The quantitative estimate of drug-likeness (QED) is 0.860. The Balaban J connectivity index is 1.82. The Bertz CT molecular complexity index is 582. The summed E-state index contributed by atoms with van der Waals surface area (Å²) in [6.45, 7) is 9.80. The van der Waals surface area contributed by atoms with Gasteiger partial charge in [0, 0.05) is 30.1 Å². The molecule has 4 heteroatoms. The average Bonchev–Trinajstić information content (AvgIpc) is 3.11. The molecule has 0 saturated carbocycles. The number of para-hydroxylation sites is 1. The van der Waals surface area contributed by atoms with Crippen molar-refractivity contribution in [2.75, 3.05) is 33.3 Å². The summed E-state index contributed by atoms with van der Waals surface area (Å²) in [6, 6.07) is 6.44. The van der Waals surface area contributed by atoms with E-state index in [1.165, 1.54) is 0 Å². The lowest BCUT2D eigenvalue weighted by Gasteiger charge is -2.23. The summed E-state index contributed by atoms with van der Waals surface area (Å²) < 4.78 is 5.86. The number of hydrogen-bond acceptors (Lipinski definition) is 3. The molecule has 0 N–H and O–H groups in total. The molecule has 3 rings (SSSR count). The van der Waals surface area contributed by atoms with Gasteiger partial charge in [-0.1, -0.05) is 32.9 Å². The lowest BCUT2D eigenvalue weighted by molar-refractivity contribution is 0.0777. The Labute approximate surface area is 133 Å². The summed E-state index contributed by atoms with van der Waals surface area (Å²) in [5.74, 6) is 0.909. The number of hydrogen-bond donors (Lipinski definition) is 0. The number of amides is 1. The first-order valence-corrected chi connectivity index (χ1v) is 8.20. The number of fused-ring (bicyclic) bond motifs is 1. The molecule has 0 aliphatic carbocycles. The summed E-state index contributed by atoms with van der Waals surface area (Å²) in [5, 5.41) is 0. The summed E-state index contributed by atoms with van der Waals surface area (Å²) in [7, 11) is 2.13. The monoisotopic (exact) mass is 302 g/mol. The minimum Gasteiger partial charge on any atom is -0.492 e. The van der Waals surface area contributed by atoms with E-state index in [2.05, 4.69) is 38.8 Å². The number of carbonyl (C=O) groups is 1. The van der Waals surface area contributed by atoms with Gasteiger partial charge in [0.15, 0.2) is 0 Å². The predicted molar refractivity (Wildman–Crippen MR) is 87.6 cm³/mol. The van der Waals surface area contributed by atoms with Gasteiger partial charge in [-0.25, -0.2) is 0 Å². The van der Waals surface area contributed by atoms with E-state index >= 15 is 0 Å². The van der Waals surface area contributed by atoms with Crippen molar-refractivity contribution in [3.05, 3.63) is 29.3 Å². The van der Waals surface area contributed by atoms with Crippen LogP contribution in [0, 0.1) is 0 Å². The van der Waals surface area contributed by atoms with Crippen LogP contribution in [-0.4, -0.2) is 55.0 Å². The number of ether oxygens (including phenoxy) is 1. The number of benzene rings is 1. The average molecular weight is 302 g/mol. The SMILES string of the molecule is CCN(C)C1CCN(C(=O)c2cccc3c2OCC3(C)C)C1. The van der Waals surface area contributed by atoms with Crippen LogP contribution in [0.2, 0.25) is 0 Å². The van der Waals surface area contributed by atoms with Crippen LogP contribution in [0.15, 0.2) is 18.2 Å². The molecule has 2 aliphatic rings. The third-order valence-corrected chi connectivity index (χ3v) is 5.12. The second-order valence-electron chi connectivity index (χ2n) is 7.12. The van der Waals surface area contributed by atoms with E-state index < -0.39 is 0 Å². The largest absolute Gasteiger partial charge is 0.492 e. The van der Waals surface area contributed by atoms with E-state index in [1.807, 2.05) is 17.0 Å². The molecule has 1 aromatic carbocycles. The molecule has 0 radical (unpaired) electrons. The molecule has 120 valence electrons. The zero-order valence-electron chi connectivity index (χ0n) is 14.1. The van der Waals surface area contributed by atoms with E-state index in [9.17, 15) is 4.79 Å². The van der Waals surface area contributed by atoms with Crippen molar-refractivity contribution in [1.82, 2.24) is 9.80 Å². The van der Waals surface area contributed by atoms with Crippen LogP contribution in [0.5, 0.6) is 5.75 Å². The number of rotatable bonds is 3. The second kappa shape index (κ2) is 5.58. The molecule has 1 amide bonds. The molecule has 1 atom stereocenters. The van der Waals surface area contributed by atoms with Crippen molar-refractivity contribution in [2.24, 2.45) is 0 Å². The van der Waals surface area contributed by atoms with Crippen molar-refractivity contribution in [1.29, 1.82) is 0 Å². The van der Waals surface area contributed by atoms with Gasteiger partial charge in [0.1, 0.15) is 5.75 Å². The van der Waals surface area contributed by atoms with Gasteiger partial charge in [0.25, 0.3) is 5.91 Å². The van der Waals surface area contributed by atoms with Crippen LogP contribution in [-0.2, 0) is 5.41 Å². The number of nitrogens with zero attached hydrogens (tertiary/aromatic N) is 2. The number of likely N-dealkylation sites (tertiary alicyclic amines) is 1. The maximum atomic E-state index is 12.9.